The summed E-state index contributed by atoms with van der Waals surface area (Å²) in [5.74, 6) is -3.33. The standard InChI is InChI=1S/C46H47F3N8O7S/c1-54(24-27-12-15-55(16-13-27)32-4-7-34-30(20-32)25-57(46(34)61)39-10-11-40(58)52-45(39)60)18-19-64-33-5-2-28(3-6-33)29-21-35-36(23-51-44(35)50-22-29)43(59)41-37(48)8-9-38(42(41)49)53-65(62,63)56-17-14-31(47)26-56/h2-9,20-23,27,31,39,53H,10-19,24-26H2,1H3,(H,50,51)(H,52,58,60)/t31-,39?/m1/s1. The Kier molecular flexibility index (Phi) is 12.1. The van der Waals surface area contributed by atoms with E-state index < -0.39 is 63.5 Å². The number of likely N-dealkylation sites (N-methyl/N-ethyl adjacent to an activating group) is 1. The lowest BCUT2D eigenvalue weighted by molar-refractivity contribution is -0.136. The van der Waals surface area contributed by atoms with Crippen LogP contribution in [0.3, 0.4) is 0 Å². The molecule has 15 nitrogen and oxygen atoms in total. The fourth-order valence-electron chi connectivity index (χ4n) is 9.16. The number of imide groups is 1. The second-order valence-electron chi connectivity index (χ2n) is 17.1. The molecular formula is C46H47F3N8O7S. The second kappa shape index (κ2) is 17.9. The monoisotopic (exact) mass is 912 g/mol. The number of H-pyrrole nitrogens is 1. The number of alkyl halides is 1. The molecule has 3 N–H and O–H groups in total. The molecule has 1 unspecified atom stereocenters. The Morgan fingerprint density at radius 1 is 0.969 bits per heavy atom. The summed E-state index contributed by atoms with van der Waals surface area (Å²) in [5, 5.41) is 2.65. The molecule has 5 aromatic rings. The SMILES string of the molecule is CN(CCOc1ccc(-c2cnc3[nH]cc(C(=O)c4c(F)ccc(NS(=O)(=O)N5CC[C@@H](F)C5)c4F)c3c2)cc1)CC1CCN(c2ccc3c(c2)CN(C2CCC(=O)NC2=O)C3=O)CC1. The fraction of sp³-hybridized carbons (Fsp3) is 0.370. The number of piperidine rings is 2. The lowest BCUT2D eigenvalue weighted by atomic mass is 9.95. The number of anilines is 2. The van der Waals surface area contributed by atoms with E-state index in [-0.39, 0.29) is 36.8 Å². The second-order valence-corrected chi connectivity index (χ2v) is 18.8. The number of carbonyl (C=O) groups is 4. The van der Waals surface area contributed by atoms with Crippen molar-refractivity contribution in [3.63, 3.8) is 0 Å². The molecule has 0 radical (unpaired) electrons. The van der Waals surface area contributed by atoms with Crippen molar-refractivity contribution >= 4 is 56.1 Å². The van der Waals surface area contributed by atoms with E-state index in [1.165, 1.54) is 6.20 Å². The van der Waals surface area contributed by atoms with Crippen molar-refractivity contribution in [2.24, 2.45) is 5.92 Å². The number of ether oxygens (including phenoxy) is 1. The van der Waals surface area contributed by atoms with Gasteiger partial charge in [-0.1, -0.05) is 12.1 Å². The van der Waals surface area contributed by atoms with Gasteiger partial charge in [0.05, 0.1) is 11.3 Å². The molecule has 0 aliphatic carbocycles. The van der Waals surface area contributed by atoms with Crippen molar-refractivity contribution in [3.05, 3.63) is 107 Å². The van der Waals surface area contributed by atoms with Crippen LogP contribution in [-0.2, 0) is 26.3 Å². The predicted octanol–water partition coefficient (Wildman–Crippen LogP) is 5.43. The zero-order chi connectivity index (χ0) is 45.6. The van der Waals surface area contributed by atoms with Crippen LogP contribution in [-0.4, -0.2) is 121 Å². The number of nitrogens with one attached hydrogen (secondary N) is 3. The Bertz CT molecular complexity index is 2800. The fourth-order valence-corrected chi connectivity index (χ4v) is 10.4. The molecule has 340 valence electrons. The van der Waals surface area contributed by atoms with Gasteiger partial charge in [-0.2, -0.15) is 12.7 Å². The molecule has 19 heteroatoms. The number of hydrogen-bond donors (Lipinski definition) is 3. The van der Waals surface area contributed by atoms with E-state index in [4.69, 9.17) is 4.74 Å². The number of nitrogens with zero attached hydrogens (tertiary/aromatic N) is 5. The third-order valence-corrected chi connectivity index (χ3v) is 14.2. The summed E-state index contributed by atoms with van der Waals surface area (Å²) >= 11 is 0. The number of fused-ring (bicyclic) bond motifs is 2. The number of halogens is 3. The Hall–Kier alpha value is -6.31. The number of carbonyl (C=O) groups excluding carboxylic acids is 4. The minimum absolute atomic E-state index is 0.00223. The molecule has 0 spiro atoms. The highest BCUT2D eigenvalue weighted by atomic mass is 32.2. The highest BCUT2D eigenvalue weighted by Crippen LogP contribution is 2.34. The van der Waals surface area contributed by atoms with Crippen molar-refractivity contribution in [2.75, 3.05) is 62.5 Å². The summed E-state index contributed by atoms with van der Waals surface area (Å²) in [6.45, 7) is 3.72. The Morgan fingerprint density at radius 3 is 2.49 bits per heavy atom. The first-order valence-electron chi connectivity index (χ1n) is 21.6. The van der Waals surface area contributed by atoms with Crippen molar-refractivity contribution in [1.29, 1.82) is 0 Å². The quantitative estimate of drug-likeness (QED) is 0.0963. The molecule has 0 bridgehead atoms. The van der Waals surface area contributed by atoms with Crippen LogP contribution in [0.15, 0.2) is 73.1 Å². The average Bonchev–Trinajstić information content (AvgIpc) is 4.02. The lowest BCUT2D eigenvalue weighted by Crippen LogP contribution is -2.52. The maximum atomic E-state index is 15.7. The van der Waals surface area contributed by atoms with Gasteiger partial charge in [0.1, 0.15) is 36.0 Å². The highest BCUT2D eigenvalue weighted by Gasteiger charge is 2.39. The molecule has 65 heavy (non-hydrogen) atoms. The molecule has 2 atom stereocenters. The minimum atomic E-state index is -4.36. The summed E-state index contributed by atoms with van der Waals surface area (Å²) in [6, 6.07) is 15.9. The van der Waals surface area contributed by atoms with E-state index >= 15 is 8.78 Å². The number of hydrogen-bond acceptors (Lipinski definition) is 10. The summed E-state index contributed by atoms with van der Waals surface area (Å²) in [7, 11) is -2.28. The van der Waals surface area contributed by atoms with Crippen LogP contribution < -0.4 is 19.7 Å². The Balaban J connectivity index is 0.761. The molecule has 4 aliphatic rings. The normalized spacial score (nSPS) is 19.6. The smallest absolute Gasteiger partial charge is 0.301 e. The maximum Gasteiger partial charge on any atom is 0.301 e. The van der Waals surface area contributed by atoms with Gasteiger partial charge in [-0.3, -0.25) is 29.2 Å². The molecule has 3 amide bonds. The Labute approximate surface area is 373 Å². The zero-order valence-corrected chi connectivity index (χ0v) is 36.3. The number of amides is 3. The van der Waals surface area contributed by atoms with Gasteiger partial charge >= 0.3 is 10.2 Å². The zero-order valence-electron chi connectivity index (χ0n) is 35.5. The highest BCUT2D eigenvalue weighted by molar-refractivity contribution is 7.90. The van der Waals surface area contributed by atoms with Gasteiger partial charge in [0.15, 0.2) is 5.82 Å². The molecule has 0 saturated carbocycles. The largest absolute Gasteiger partial charge is 0.492 e. The van der Waals surface area contributed by atoms with Crippen LogP contribution in [0.5, 0.6) is 5.75 Å². The topological polar surface area (TPSA) is 177 Å². The van der Waals surface area contributed by atoms with Gasteiger partial charge in [-0.15, -0.1) is 0 Å². The Morgan fingerprint density at radius 2 is 1.75 bits per heavy atom. The van der Waals surface area contributed by atoms with E-state index in [2.05, 4.69) is 38.2 Å². The first kappa shape index (κ1) is 43.9. The van der Waals surface area contributed by atoms with Gasteiger partial charge in [0, 0.05) is 92.4 Å². The van der Waals surface area contributed by atoms with E-state index in [0.29, 0.717) is 59.9 Å². The van der Waals surface area contributed by atoms with Crippen molar-refractivity contribution in [2.45, 2.75) is 50.9 Å². The predicted molar refractivity (Wildman–Crippen MR) is 235 cm³/mol. The lowest BCUT2D eigenvalue weighted by Gasteiger charge is -2.35. The molecule has 9 rings (SSSR count). The van der Waals surface area contributed by atoms with Crippen LogP contribution >= 0.6 is 0 Å². The van der Waals surface area contributed by atoms with Gasteiger partial charge in [0.25, 0.3) is 5.91 Å². The molecule has 6 heterocycles. The summed E-state index contributed by atoms with van der Waals surface area (Å²) in [5.41, 5.74) is 2.59. The molecular weight excluding hydrogens is 866 g/mol. The van der Waals surface area contributed by atoms with Crippen LogP contribution in [0.4, 0.5) is 24.5 Å². The van der Waals surface area contributed by atoms with Crippen LogP contribution in [0, 0.1) is 17.6 Å². The molecule has 4 aliphatic heterocycles. The number of benzene rings is 3. The van der Waals surface area contributed by atoms with Gasteiger partial charge in [0.2, 0.25) is 17.6 Å². The van der Waals surface area contributed by atoms with E-state index in [9.17, 15) is 32.0 Å². The maximum absolute atomic E-state index is 15.7. The van der Waals surface area contributed by atoms with E-state index in [1.807, 2.05) is 41.1 Å². The minimum Gasteiger partial charge on any atom is -0.492 e. The first-order chi connectivity index (χ1) is 31.2. The van der Waals surface area contributed by atoms with E-state index in [0.717, 1.165) is 65.7 Å². The van der Waals surface area contributed by atoms with Crippen molar-refractivity contribution in [3.8, 4) is 16.9 Å². The molecule has 2 aromatic heterocycles. The molecule has 3 saturated heterocycles. The van der Waals surface area contributed by atoms with Crippen LogP contribution in [0.1, 0.15) is 63.9 Å². The third-order valence-electron chi connectivity index (χ3n) is 12.8. The third kappa shape index (κ3) is 9.04. The van der Waals surface area contributed by atoms with Crippen molar-refractivity contribution in [1.82, 2.24) is 29.4 Å². The summed E-state index contributed by atoms with van der Waals surface area (Å²) < 4.78 is 79.0. The van der Waals surface area contributed by atoms with Crippen molar-refractivity contribution < 1.29 is 45.5 Å². The number of rotatable bonds is 14. The number of ketones is 1. The molecule has 3 aromatic carbocycles. The van der Waals surface area contributed by atoms with E-state index in [1.54, 1.807) is 17.2 Å². The number of pyridine rings is 1. The van der Waals surface area contributed by atoms with Crippen LogP contribution in [0.25, 0.3) is 22.2 Å². The summed E-state index contributed by atoms with van der Waals surface area (Å²) in [4.78, 5) is 64.3. The van der Waals surface area contributed by atoms with Gasteiger partial charge in [-0.25, -0.2) is 18.2 Å². The van der Waals surface area contributed by atoms with Crippen LogP contribution in [0.2, 0.25) is 0 Å². The van der Waals surface area contributed by atoms with Gasteiger partial charge in [-0.05, 0) is 98.3 Å². The number of aromatic amines is 1. The average molecular weight is 913 g/mol. The molecule has 3 fully saturated rings. The first-order valence-corrected chi connectivity index (χ1v) is 23.0. The van der Waals surface area contributed by atoms with Gasteiger partial charge < -0.3 is 24.4 Å². The summed E-state index contributed by atoms with van der Waals surface area (Å²) in [6.07, 6.45) is 4.12. The number of aromatic nitrogens is 2.